The Morgan fingerprint density at radius 1 is 1.20 bits per heavy atom. The number of carbonyl (C=O) groups is 2. The molecule has 6 heteroatoms. The van der Waals surface area contributed by atoms with E-state index in [0.29, 0.717) is 34.8 Å². The van der Waals surface area contributed by atoms with E-state index in [1.54, 1.807) is 18.2 Å². The quantitative estimate of drug-likeness (QED) is 0.801. The van der Waals surface area contributed by atoms with E-state index in [-0.39, 0.29) is 11.9 Å². The summed E-state index contributed by atoms with van der Waals surface area (Å²) in [6.07, 6.45) is 7.17. The van der Waals surface area contributed by atoms with Gasteiger partial charge in [-0.15, -0.1) is 0 Å². The first-order valence-corrected chi connectivity index (χ1v) is 9.63. The summed E-state index contributed by atoms with van der Waals surface area (Å²) in [5, 5.41) is 6.24. The second-order valence-electron chi connectivity index (χ2n) is 7.02. The van der Waals surface area contributed by atoms with E-state index in [1.807, 2.05) is 11.8 Å². The van der Waals surface area contributed by atoms with Crippen LogP contribution in [0.3, 0.4) is 0 Å². The lowest BCUT2D eigenvalue weighted by molar-refractivity contribution is -0.116. The van der Waals surface area contributed by atoms with Gasteiger partial charge in [0.2, 0.25) is 5.91 Å². The lowest BCUT2D eigenvalue weighted by Gasteiger charge is -2.31. The van der Waals surface area contributed by atoms with Crippen LogP contribution in [0.1, 0.15) is 51.9 Å². The minimum atomic E-state index is -0.0895. The summed E-state index contributed by atoms with van der Waals surface area (Å²) in [5.41, 5.74) is 1.19. The van der Waals surface area contributed by atoms with Gasteiger partial charge in [-0.05, 0) is 49.8 Å². The standard InChI is InChI=1S/C19H26ClN3O2/c1-2-5-18(24)21-14-8-9-15(20)16(12-14)22-19(25)23-11-10-13-6-3-4-7-17(13)23/h8-9,12-13,17H,2-7,10-11H2,1H3,(H,21,24)(H,22,25)/t13-,17-/m1/s1. The molecule has 136 valence electrons. The van der Waals surface area contributed by atoms with Gasteiger partial charge >= 0.3 is 6.03 Å². The van der Waals surface area contributed by atoms with Crippen LogP contribution in [0.4, 0.5) is 16.2 Å². The Labute approximate surface area is 154 Å². The lowest BCUT2D eigenvalue weighted by Crippen LogP contribution is -2.41. The van der Waals surface area contributed by atoms with E-state index in [0.717, 1.165) is 25.8 Å². The molecule has 0 radical (unpaired) electrons. The van der Waals surface area contributed by atoms with Gasteiger partial charge in [-0.2, -0.15) is 0 Å². The number of urea groups is 1. The summed E-state index contributed by atoms with van der Waals surface area (Å²) in [5.74, 6) is 0.612. The number of rotatable bonds is 4. The monoisotopic (exact) mass is 363 g/mol. The van der Waals surface area contributed by atoms with E-state index in [4.69, 9.17) is 11.6 Å². The third-order valence-corrected chi connectivity index (χ3v) is 5.57. The van der Waals surface area contributed by atoms with Gasteiger partial charge in [-0.3, -0.25) is 4.79 Å². The minimum absolute atomic E-state index is 0.0355. The number of anilines is 2. The molecule has 1 saturated heterocycles. The third kappa shape index (κ3) is 4.27. The Morgan fingerprint density at radius 3 is 2.80 bits per heavy atom. The second kappa shape index (κ2) is 8.09. The van der Waals surface area contributed by atoms with Gasteiger partial charge in [-0.1, -0.05) is 31.4 Å². The van der Waals surface area contributed by atoms with Crippen molar-refractivity contribution in [2.75, 3.05) is 17.2 Å². The highest BCUT2D eigenvalue weighted by Gasteiger charge is 2.38. The Morgan fingerprint density at radius 2 is 2.00 bits per heavy atom. The first kappa shape index (κ1) is 18.1. The maximum atomic E-state index is 12.7. The summed E-state index contributed by atoms with van der Waals surface area (Å²) in [6.45, 7) is 2.77. The number of hydrogen-bond acceptors (Lipinski definition) is 2. The molecule has 2 fully saturated rings. The molecule has 2 aliphatic rings. The van der Waals surface area contributed by atoms with Gasteiger partial charge in [0, 0.05) is 24.7 Å². The van der Waals surface area contributed by atoms with Crippen LogP contribution >= 0.6 is 11.6 Å². The molecular weight excluding hydrogens is 338 g/mol. The van der Waals surface area contributed by atoms with Crippen LogP contribution in [-0.4, -0.2) is 29.4 Å². The molecule has 3 rings (SSSR count). The Hall–Kier alpha value is -1.75. The summed E-state index contributed by atoms with van der Waals surface area (Å²) < 4.78 is 0. The van der Waals surface area contributed by atoms with Crippen molar-refractivity contribution >= 4 is 34.9 Å². The molecule has 1 aliphatic heterocycles. The molecule has 1 aromatic carbocycles. The van der Waals surface area contributed by atoms with Crippen molar-refractivity contribution in [3.63, 3.8) is 0 Å². The topological polar surface area (TPSA) is 61.4 Å². The molecule has 0 aromatic heterocycles. The van der Waals surface area contributed by atoms with Crippen LogP contribution in [0.5, 0.6) is 0 Å². The lowest BCUT2D eigenvalue weighted by atomic mass is 9.85. The number of nitrogens with one attached hydrogen (secondary N) is 2. The number of amides is 3. The highest BCUT2D eigenvalue weighted by molar-refractivity contribution is 6.33. The summed E-state index contributed by atoms with van der Waals surface area (Å²) >= 11 is 6.24. The predicted octanol–water partition coefficient (Wildman–Crippen LogP) is 4.88. The largest absolute Gasteiger partial charge is 0.326 e. The van der Waals surface area contributed by atoms with Crippen molar-refractivity contribution in [2.45, 2.75) is 57.9 Å². The van der Waals surface area contributed by atoms with Crippen LogP contribution < -0.4 is 10.6 Å². The van der Waals surface area contributed by atoms with Crippen LogP contribution in [0.25, 0.3) is 0 Å². The van der Waals surface area contributed by atoms with Gasteiger partial charge in [-0.25, -0.2) is 4.79 Å². The summed E-state index contributed by atoms with van der Waals surface area (Å²) in [7, 11) is 0. The van der Waals surface area contributed by atoms with E-state index in [1.165, 1.54) is 19.3 Å². The van der Waals surface area contributed by atoms with Crippen LogP contribution in [0.15, 0.2) is 18.2 Å². The molecule has 2 atom stereocenters. The van der Waals surface area contributed by atoms with E-state index < -0.39 is 0 Å². The van der Waals surface area contributed by atoms with Crippen LogP contribution in [0, 0.1) is 5.92 Å². The average molecular weight is 364 g/mol. The molecule has 25 heavy (non-hydrogen) atoms. The highest BCUT2D eigenvalue weighted by atomic mass is 35.5. The van der Waals surface area contributed by atoms with Crippen molar-refractivity contribution in [1.82, 2.24) is 4.90 Å². The Balaban J connectivity index is 1.67. The molecule has 5 nitrogen and oxygen atoms in total. The summed E-state index contributed by atoms with van der Waals surface area (Å²) in [6, 6.07) is 5.45. The Kier molecular flexibility index (Phi) is 5.84. The molecule has 1 saturated carbocycles. The number of fused-ring (bicyclic) bond motifs is 1. The predicted molar refractivity (Wildman–Crippen MR) is 101 cm³/mol. The fourth-order valence-corrected chi connectivity index (χ4v) is 4.16. The van der Waals surface area contributed by atoms with Crippen LogP contribution in [0.2, 0.25) is 5.02 Å². The number of hydrogen-bond donors (Lipinski definition) is 2. The number of likely N-dealkylation sites (tertiary alicyclic amines) is 1. The van der Waals surface area contributed by atoms with E-state index in [9.17, 15) is 9.59 Å². The first-order valence-electron chi connectivity index (χ1n) is 9.25. The number of benzene rings is 1. The molecule has 2 N–H and O–H groups in total. The van der Waals surface area contributed by atoms with Crippen molar-refractivity contribution in [3.8, 4) is 0 Å². The third-order valence-electron chi connectivity index (χ3n) is 5.24. The molecule has 1 aliphatic carbocycles. The first-order chi connectivity index (χ1) is 12.1. The van der Waals surface area contributed by atoms with Gasteiger partial charge in [0.15, 0.2) is 0 Å². The SMILES string of the molecule is CCCC(=O)Nc1ccc(Cl)c(NC(=O)N2CC[C@H]3CCCC[C@H]32)c1. The van der Waals surface area contributed by atoms with Gasteiger partial charge < -0.3 is 15.5 Å². The Bertz CT molecular complexity index is 650. The van der Waals surface area contributed by atoms with Gasteiger partial charge in [0.05, 0.1) is 10.7 Å². The number of nitrogens with zero attached hydrogens (tertiary/aromatic N) is 1. The molecule has 3 amide bonds. The number of halogens is 1. The molecule has 1 heterocycles. The molecule has 0 spiro atoms. The summed E-state index contributed by atoms with van der Waals surface area (Å²) in [4.78, 5) is 26.4. The zero-order chi connectivity index (χ0) is 17.8. The minimum Gasteiger partial charge on any atom is -0.326 e. The van der Waals surface area contributed by atoms with Crippen molar-refractivity contribution in [3.05, 3.63) is 23.2 Å². The molecule has 1 aromatic rings. The van der Waals surface area contributed by atoms with Gasteiger partial charge in [0.1, 0.15) is 0 Å². The normalized spacial score (nSPS) is 22.4. The zero-order valence-corrected chi connectivity index (χ0v) is 15.4. The molecular formula is C19H26ClN3O2. The highest BCUT2D eigenvalue weighted by Crippen LogP contribution is 2.36. The molecule has 0 bridgehead atoms. The van der Waals surface area contributed by atoms with Crippen molar-refractivity contribution in [1.29, 1.82) is 0 Å². The second-order valence-corrected chi connectivity index (χ2v) is 7.42. The van der Waals surface area contributed by atoms with E-state index in [2.05, 4.69) is 10.6 Å². The van der Waals surface area contributed by atoms with Crippen molar-refractivity contribution in [2.24, 2.45) is 5.92 Å². The van der Waals surface area contributed by atoms with Gasteiger partial charge in [0.25, 0.3) is 0 Å². The maximum Gasteiger partial charge on any atom is 0.322 e. The smallest absolute Gasteiger partial charge is 0.322 e. The van der Waals surface area contributed by atoms with Crippen LogP contribution in [-0.2, 0) is 4.79 Å². The fraction of sp³-hybridized carbons (Fsp3) is 0.579. The zero-order valence-electron chi connectivity index (χ0n) is 14.7. The average Bonchev–Trinajstić information content (AvgIpc) is 3.02. The van der Waals surface area contributed by atoms with Crippen molar-refractivity contribution < 1.29 is 9.59 Å². The fourth-order valence-electron chi connectivity index (χ4n) is 3.99. The maximum absolute atomic E-state index is 12.7. The number of carbonyl (C=O) groups excluding carboxylic acids is 2. The molecule has 0 unspecified atom stereocenters. The van der Waals surface area contributed by atoms with E-state index >= 15 is 0 Å².